The molecule has 0 unspecified atom stereocenters. The molecule has 0 aromatic rings. The number of hydrogen-bond donors (Lipinski definition) is 0. The molecule has 0 saturated carbocycles. The van der Waals surface area contributed by atoms with Gasteiger partial charge in [-0.1, -0.05) is 28.4 Å². The highest BCUT2D eigenvalue weighted by molar-refractivity contribution is 5.93. The van der Waals surface area contributed by atoms with Gasteiger partial charge in [0, 0.05) is 6.42 Å². The van der Waals surface area contributed by atoms with E-state index in [4.69, 9.17) is 0 Å². The average Bonchev–Trinajstić information content (AvgIpc) is 1.65. The molecule has 0 radical (unpaired) electrons. The summed E-state index contributed by atoms with van der Waals surface area (Å²) in [6, 6.07) is 0. The summed E-state index contributed by atoms with van der Waals surface area (Å²) in [5, 5.41) is 0. The van der Waals surface area contributed by atoms with Gasteiger partial charge in [0.25, 0.3) is 0 Å². The van der Waals surface area contributed by atoms with Crippen LogP contribution in [-0.4, -0.2) is 5.78 Å². The summed E-state index contributed by atoms with van der Waals surface area (Å²) < 4.78 is 0. The van der Waals surface area contributed by atoms with Crippen molar-refractivity contribution in [3.8, 4) is 0 Å². The van der Waals surface area contributed by atoms with Crippen molar-refractivity contribution in [3.05, 3.63) is 12.2 Å². The van der Waals surface area contributed by atoms with Crippen molar-refractivity contribution in [2.75, 3.05) is 0 Å². The third-order valence-electron chi connectivity index (χ3n) is 0.797. The Morgan fingerprint density at radius 3 is 1.78 bits per heavy atom. The lowest BCUT2D eigenvalue weighted by Gasteiger charge is -1.87. The first-order chi connectivity index (χ1) is 3.18. The van der Waals surface area contributed by atoms with E-state index < -0.39 is 0 Å². The number of carbonyl (C=O) groups is 1. The molecule has 56 valence electrons. The van der Waals surface area contributed by atoms with E-state index in [-0.39, 0.29) is 20.6 Å². The van der Waals surface area contributed by atoms with Gasteiger partial charge in [-0.15, -0.1) is 0 Å². The van der Waals surface area contributed by atoms with Gasteiger partial charge in [0.15, 0.2) is 5.78 Å². The second kappa shape index (κ2) is 7.41. The van der Waals surface area contributed by atoms with Gasteiger partial charge in [-0.25, -0.2) is 0 Å². The average molecular weight is 130 g/mol. The van der Waals surface area contributed by atoms with Crippen molar-refractivity contribution < 1.29 is 4.79 Å². The minimum atomic E-state index is 0. The van der Waals surface area contributed by atoms with Crippen molar-refractivity contribution >= 4 is 5.78 Å². The van der Waals surface area contributed by atoms with Crippen LogP contribution in [0.2, 0.25) is 0 Å². The summed E-state index contributed by atoms with van der Waals surface area (Å²) in [7, 11) is 0. The summed E-state index contributed by atoms with van der Waals surface area (Å²) in [6.07, 6.45) is 0.579. The quantitative estimate of drug-likeness (QED) is 0.525. The molecule has 0 saturated heterocycles. The van der Waals surface area contributed by atoms with Gasteiger partial charge in [-0.2, -0.15) is 0 Å². The SMILES string of the molecule is C.C.C=C(C)C(=O)CC. The molecule has 1 nitrogen and oxygen atoms in total. The first-order valence-corrected chi connectivity index (χ1v) is 2.37. The summed E-state index contributed by atoms with van der Waals surface area (Å²) in [5.41, 5.74) is 0.655. The molecule has 0 heterocycles. The molecule has 0 aliphatic heterocycles. The zero-order valence-corrected chi connectivity index (χ0v) is 4.82. The molecule has 0 aromatic carbocycles. The van der Waals surface area contributed by atoms with E-state index in [0.717, 1.165) is 0 Å². The highest BCUT2D eigenvalue weighted by Crippen LogP contribution is 1.91. The Labute approximate surface area is 58.8 Å². The third kappa shape index (κ3) is 7.41. The molecule has 0 amide bonds. The van der Waals surface area contributed by atoms with Crippen LogP contribution in [0, 0.1) is 0 Å². The Balaban J connectivity index is -0.000000180. The normalized spacial score (nSPS) is 6.44. The highest BCUT2D eigenvalue weighted by atomic mass is 16.1. The van der Waals surface area contributed by atoms with Crippen molar-refractivity contribution in [2.45, 2.75) is 35.1 Å². The van der Waals surface area contributed by atoms with Gasteiger partial charge < -0.3 is 0 Å². The van der Waals surface area contributed by atoms with Gasteiger partial charge in [0.1, 0.15) is 0 Å². The lowest BCUT2D eigenvalue weighted by molar-refractivity contribution is -0.115. The molecule has 0 atom stereocenters. The van der Waals surface area contributed by atoms with Crippen LogP contribution in [0.1, 0.15) is 35.1 Å². The number of allylic oxidation sites excluding steroid dienone is 1. The Kier molecular flexibility index (Phi) is 13.0. The van der Waals surface area contributed by atoms with Crippen molar-refractivity contribution in [1.29, 1.82) is 0 Å². The molecule has 0 spiro atoms. The maximum absolute atomic E-state index is 10.4. The zero-order chi connectivity index (χ0) is 5.86. The predicted molar refractivity (Wildman–Crippen MR) is 43.6 cm³/mol. The molecule has 0 aliphatic carbocycles. The highest BCUT2D eigenvalue weighted by Gasteiger charge is 1.93. The van der Waals surface area contributed by atoms with E-state index in [1.54, 1.807) is 6.92 Å². The van der Waals surface area contributed by atoms with E-state index in [1.807, 2.05) is 6.92 Å². The summed E-state index contributed by atoms with van der Waals surface area (Å²) in [6.45, 7) is 7.03. The predicted octanol–water partition coefficient (Wildman–Crippen LogP) is 2.81. The van der Waals surface area contributed by atoms with Crippen LogP contribution in [0.15, 0.2) is 12.2 Å². The van der Waals surface area contributed by atoms with Crippen molar-refractivity contribution in [3.63, 3.8) is 0 Å². The molecular formula is C8H18O. The fourth-order valence-corrected chi connectivity index (χ4v) is 0.302. The fraction of sp³-hybridized carbons (Fsp3) is 0.625. The smallest absolute Gasteiger partial charge is 0.157 e. The first kappa shape index (κ1) is 15.8. The maximum Gasteiger partial charge on any atom is 0.157 e. The van der Waals surface area contributed by atoms with Crippen molar-refractivity contribution in [1.82, 2.24) is 0 Å². The number of Topliss-reactive ketones (excluding diaryl/α,β-unsaturated/α-hetero) is 1. The minimum Gasteiger partial charge on any atom is -0.295 e. The molecular weight excluding hydrogens is 112 g/mol. The third-order valence-corrected chi connectivity index (χ3v) is 0.797. The van der Waals surface area contributed by atoms with E-state index in [2.05, 4.69) is 6.58 Å². The topological polar surface area (TPSA) is 17.1 Å². The first-order valence-electron chi connectivity index (χ1n) is 2.37. The van der Waals surface area contributed by atoms with Crippen LogP contribution in [0.4, 0.5) is 0 Å². The molecule has 0 aliphatic rings. The van der Waals surface area contributed by atoms with Crippen LogP contribution in [-0.2, 0) is 4.79 Å². The Morgan fingerprint density at radius 2 is 1.78 bits per heavy atom. The lowest BCUT2D eigenvalue weighted by Crippen LogP contribution is -1.93. The van der Waals surface area contributed by atoms with Gasteiger partial charge in [-0.3, -0.25) is 4.79 Å². The number of hydrogen-bond acceptors (Lipinski definition) is 1. The maximum atomic E-state index is 10.4. The molecule has 0 N–H and O–H groups in total. The number of rotatable bonds is 2. The molecule has 1 heteroatoms. The summed E-state index contributed by atoms with van der Waals surface area (Å²) >= 11 is 0. The van der Waals surface area contributed by atoms with Crippen LogP contribution < -0.4 is 0 Å². The second-order valence-corrected chi connectivity index (χ2v) is 1.56. The van der Waals surface area contributed by atoms with Gasteiger partial charge in [0.05, 0.1) is 0 Å². The van der Waals surface area contributed by atoms with E-state index in [0.29, 0.717) is 12.0 Å². The largest absolute Gasteiger partial charge is 0.295 e. The van der Waals surface area contributed by atoms with E-state index in [1.165, 1.54) is 0 Å². The van der Waals surface area contributed by atoms with Crippen molar-refractivity contribution in [2.24, 2.45) is 0 Å². The molecule has 0 rings (SSSR count). The van der Waals surface area contributed by atoms with Crippen LogP contribution in [0.3, 0.4) is 0 Å². The minimum absolute atomic E-state index is 0. The molecule has 0 aromatic heterocycles. The Bertz CT molecular complexity index is 92.7. The lowest BCUT2D eigenvalue weighted by atomic mass is 10.2. The fourth-order valence-electron chi connectivity index (χ4n) is 0.302. The molecule has 9 heavy (non-hydrogen) atoms. The van der Waals surface area contributed by atoms with Gasteiger partial charge in [-0.05, 0) is 12.5 Å². The standard InChI is InChI=1S/C6H10O.2CH4/c1-4-6(7)5(2)3;;/h2,4H2,1,3H3;2*1H4. The number of carbonyl (C=O) groups excluding carboxylic acids is 1. The summed E-state index contributed by atoms with van der Waals surface area (Å²) in [4.78, 5) is 10.4. The molecule has 0 fully saturated rings. The van der Waals surface area contributed by atoms with Gasteiger partial charge >= 0.3 is 0 Å². The summed E-state index contributed by atoms with van der Waals surface area (Å²) in [5.74, 6) is 0.153. The zero-order valence-electron chi connectivity index (χ0n) is 4.82. The Hall–Kier alpha value is -0.590. The van der Waals surface area contributed by atoms with Crippen LogP contribution in [0.25, 0.3) is 0 Å². The second-order valence-electron chi connectivity index (χ2n) is 1.56. The van der Waals surface area contributed by atoms with Crippen LogP contribution in [0.5, 0.6) is 0 Å². The number of ketones is 1. The van der Waals surface area contributed by atoms with Crippen LogP contribution >= 0.6 is 0 Å². The molecule has 0 bridgehead atoms. The van der Waals surface area contributed by atoms with E-state index >= 15 is 0 Å². The van der Waals surface area contributed by atoms with Gasteiger partial charge in [0.2, 0.25) is 0 Å². The Morgan fingerprint density at radius 1 is 1.44 bits per heavy atom. The monoisotopic (exact) mass is 130 g/mol. The van der Waals surface area contributed by atoms with E-state index in [9.17, 15) is 4.79 Å².